The Morgan fingerprint density at radius 3 is 2.70 bits per heavy atom. The molecule has 1 fully saturated rings. The van der Waals surface area contributed by atoms with Crippen LogP contribution in [0.2, 0.25) is 10.0 Å². The van der Waals surface area contributed by atoms with Crippen LogP contribution in [0.4, 0.5) is 0 Å². The molecular weight excluding hydrogens is 293 g/mol. The minimum Gasteiger partial charge on any atom is -0.329 e. The molecule has 2 N–H and O–H groups in total. The van der Waals surface area contributed by atoms with Gasteiger partial charge in [-0.25, -0.2) is 0 Å². The number of likely N-dealkylation sites (tertiary alicyclic amines) is 1. The predicted octanol–water partition coefficient (Wildman–Crippen LogP) is 2.88. The lowest BCUT2D eigenvalue weighted by atomic mass is 10.0. The van der Waals surface area contributed by atoms with Gasteiger partial charge in [-0.15, -0.1) is 0 Å². The fourth-order valence-corrected chi connectivity index (χ4v) is 3.31. The van der Waals surface area contributed by atoms with Crippen molar-refractivity contribution in [1.29, 1.82) is 0 Å². The van der Waals surface area contributed by atoms with Crippen molar-refractivity contribution >= 4 is 23.2 Å². The van der Waals surface area contributed by atoms with Crippen LogP contribution in [0.1, 0.15) is 18.0 Å². The van der Waals surface area contributed by atoms with E-state index < -0.39 is 0 Å². The number of rotatable bonds is 5. The van der Waals surface area contributed by atoms with Gasteiger partial charge in [0.25, 0.3) is 0 Å². The van der Waals surface area contributed by atoms with Crippen LogP contribution in [-0.2, 0) is 0 Å². The third kappa shape index (κ3) is 3.86. The van der Waals surface area contributed by atoms with Crippen LogP contribution in [0, 0.1) is 5.92 Å². The SMILES string of the molecule is CN1CCC(CN(C)C(CN)c2ccc(Cl)c(Cl)c2)C1. The summed E-state index contributed by atoms with van der Waals surface area (Å²) in [5.74, 6) is 0.724. The lowest BCUT2D eigenvalue weighted by Crippen LogP contribution is -2.35. The van der Waals surface area contributed by atoms with Crippen molar-refractivity contribution in [2.24, 2.45) is 11.7 Å². The molecule has 0 saturated carbocycles. The zero-order chi connectivity index (χ0) is 14.7. The molecular formula is C15H23Cl2N3. The van der Waals surface area contributed by atoms with E-state index in [1.165, 1.54) is 19.5 Å². The van der Waals surface area contributed by atoms with E-state index in [4.69, 9.17) is 28.9 Å². The highest BCUT2D eigenvalue weighted by Gasteiger charge is 2.24. The average Bonchev–Trinajstić information content (AvgIpc) is 2.80. The quantitative estimate of drug-likeness (QED) is 0.907. The lowest BCUT2D eigenvalue weighted by Gasteiger charge is -2.30. The molecule has 0 amide bonds. The first-order valence-corrected chi connectivity index (χ1v) is 7.80. The first-order valence-electron chi connectivity index (χ1n) is 7.05. The van der Waals surface area contributed by atoms with Crippen LogP contribution in [0.25, 0.3) is 0 Å². The molecule has 20 heavy (non-hydrogen) atoms. The highest BCUT2D eigenvalue weighted by Crippen LogP contribution is 2.28. The number of hydrogen-bond donors (Lipinski definition) is 1. The summed E-state index contributed by atoms with van der Waals surface area (Å²) in [5.41, 5.74) is 7.10. The molecule has 1 aliphatic heterocycles. The van der Waals surface area contributed by atoms with Crippen LogP contribution in [0.5, 0.6) is 0 Å². The molecule has 1 saturated heterocycles. The smallest absolute Gasteiger partial charge is 0.0595 e. The number of halogens is 2. The van der Waals surface area contributed by atoms with Crippen molar-refractivity contribution < 1.29 is 0 Å². The van der Waals surface area contributed by atoms with Gasteiger partial charge in [0.2, 0.25) is 0 Å². The van der Waals surface area contributed by atoms with E-state index in [0.717, 1.165) is 18.0 Å². The van der Waals surface area contributed by atoms with E-state index in [9.17, 15) is 0 Å². The Kier molecular flexibility index (Phi) is 5.70. The van der Waals surface area contributed by atoms with E-state index in [-0.39, 0.29) is 6.04 Å². The highest BCUT2D eigenvalue weighted by atomic mass is 35.5. The molecule has 0 aromatic heterocycles. The second kappa shape index (κ2) is 7.10. The predicted molar refractivity (Wildman–Crippen MR) is 86.5 cm³/mol. The number of nitrogens with zero attached hydrogens (tertiary/aromatic N) is 2. The van der Waals surface area contributed by atoms with Gasteiger partial charge < -0.3 is 10.6 Å². The Morgan fingerprint density at radius 1 is 1.40 bits per heavy atom. The summed E-state index contributed by atoms with van der Waals surface area (Å²) < 4.78 is 0. The fourth-order valence-electron chi connectivity index (χ4n) is 3.00. The summed E-state index contributed by atoms with van der Waals surface area (Å²) in [4.78, 5) is 4.72. The summed E-state index contributed by atoms with van der Waals surface area (Å²) in [5, 5.41) is 1.18. The van der Waals surface area contributed by atoms with Gasteiger partial charge in [0.15, 0.2) is 0 Å². The van der Waals surface area contributed by atoms with Crippen LogP contribution in [-0.4, -0.2) is 50.1 Å². The standard InChI is InChI=1S/C15H23Cl2N3/c1-19-6-5-11(9-19)10-20(2)15(8-18)12-3-4-13(16)14(17)7-12/h3-4,7,11,15H,5-6,8-10,18H2,1-2H3. The molecule has 0 spiro atoms. The molecule has 2 rings (SSSR count). The number of likely N-dealkylation sites (N-methyl/N-ethyl adjacent to an activating group) is 1. The minimum absolute atomic E-state index is 0.190. The Hall–Kier alpha value is -0.320. The van der Waals surface area contributed by atoms with Crippen molar-refractivity contribution in [3.63, 3.8) is 0 Å². The summed E-state index contributed by atoms with van der Waals surface area (Å²) in [6, 6.07) is 5.98. The van der Waals surface area contributed by atoms with Gasteiger partial charge in [0, 0.05) is 25.7 Å². The molecule has 3 nitrogen and oxygen atoms in total. The molecule has 1 heterocycles. The molecule has 112 valence electrons. The largest absolute Gasteiger partial charge is 0.329 e. The van der Waals surface area contributed by atoms with E-state index >= 15 is 0 Å². The van der Waals surface area contributed by atoms with Gasteiger partial charge in [-0.3, -0.25) is 4.90 Å². The lowest BCUT2D eigenvalue weighted by molar-refractivity contribution is 0.211. The molecule has 2 unspecified atom stereocenters. The Bertz CT molecular complexity index is 453. The van der Waals surface area contributed by atoms with E-state index in [0.29, 0.717) is 16.6 Å². The van der Waals surface area contributed by atoms with E-state index in [2.05, 4.69) is 23.9 Å². The topological polar surface area (TPSA) is 32.5 Å². The van der Waals surface area contributed by atoms with Crippen LogP contribution in [0.3, 0.4) is 0 Å². The van der Waals surface area contributed by atoms with Gasteiger partial charge in [-0.2, -0.15) is 0 Å². The van der Waals surface area contributed by atoms with Gasteiger partial charge in [-0.1, -0.05) is 29.3 Å². The summed E-state index contributed by atoms with van der Waals surface area (Å²) >= 11 is 12.1. The van der Waals surface area contributed by atoms with Crippen molar-refractivity contribution in [1.82, 2.24) is 9.80 Å². The summed E-state index contributed by atoms with van der Waals surface area (Å²) in [6.07, 6.45) is 1.26. The number of hydrogen-bond acceptors (Lipinski definition) is 3. The molecule has 1 aromatic rings. The maximum Gasteiger partial charge on any atom is 0.0595 e. The Balaban J connectivity index is 2.04. The van der Waals surface area contributed by atoms with Gasteiger partial charge in [0.1, 0.15) is 0 Å². The molecule has 0 radical (unpaired) electrons. The van der Waals surface area contributed by atoms with Gasteiger partial charge in [-0.05, 0) is 50.7 Å². The zero-order valence-corrected chi connectivity index (χ0v) is 13.7. The molecule has 0 bridgehead atoms. The first-order chi connectivity index (χ1) is 9.51. The normalized spacial score (nSPS) is 21.6. The molecule has 1 aliphatic rings. The monoisotopic (exact) mass is 315 g/mol. The van der Waals surface area contributed by atoms with Crippen molar-refractivity contribution in [2.45, 2.75) is 12.5 Å². The molecule has 1 aromatic carbocycles. The first kappa shape index (κ1) is 16.1. The second-order valence-corrected chi connectivity index (χ2v) is 6.60. The van der Waals surface area contributed by atoms with Crippen molar-refractivity contribution in [2.75, 3.05) is 40.3 Å². The highest BCUT2D eigenvalue weighted by molar-refractivity contribution is 6.42. The molecule has 5 heteroatoms. The van der Waals surface area contributed by atoms with Crippen LogP contribution < -0.4 is 5.73 Å². The van der Waals surface area contributed by atoms with Crippen LogP contribution in [0.15, 0.2) is 18.2 Å². The average molecular weight is 316 g/mol. The molecule has 2 atom stereocenters. The minimum atomic E-state index is 0.190. The maximum atomic E-state index is 6.11. The van der Waals surface area contributed by atoms with E-state index in [1.807, 2.05) is 18.2 Å². The third-order valence-electron chi connectivity index (χ3n) is 4.12. The summed E-state index contributed by atoms with van der Waals surface area (Å²) in [7, 11) is 4.32. The maximum absolute atomic E-state index is 6.11. The molecule has 0 aliphatic carbocycles. The van der Waals surface area contributed by atoms with Gasteiger partial charge >= 0.3 is 0 Å². The van der Waals surface area contributed by atoms with E-state index in [1.54, 1.807) is 0 Å². The summed E-state index contributed by atoms with van der Waals surface area (Å²) in [6.45, 7) is 4.01. The zero-order valence-electron chi connectivity index (χ0n) is 12.1. The third-order valence-corrected chi connectivity index (χ3v) is 4.86. The Labute approximate surface area is 131 Å². The fraction of sp³-hybridized carbons (Fsp3) is 0.600. The van der Waals surface area contributed by atoms with Crippen molar-refractivity contribution in [3.05, 3.63) is 33.8 Å². The van der Waals surface area contributed by atoms with Crippen LogP contribution >= 0.6 is 23.2 Å². The number of benzene rings is 1. The second-order valence-electron chi connectivity index (χ2n) is 5.78. The number of nitrogens with two attached hydrogens (primary N) is 1. The van der Waals surface area contributed by atoms with Crippen molar-refractivity contribution in [3.8, 4) is 0 Å². The van der Waals surface area contributed by atoms with Gasteiger partial charge in [0.05, 0.1) is 10.0 Å². The Morgan fingerprint density at radius 2 is 2.15 bits per heavy atom.